The van der Waals surface area contributed by atoms with E-state index < -0.39 is 0 Å². The fourth-order valence-electron chi connectivity index (χ4n) is 2.64. The van der Waals surface area contributed by atoms with E-state index in [1.54, 1.807) is 12.1 Å². The lowest BCUT2D eigenvalue weighted by atomic mass is 10.1. The summed E-state index contributed by atoms with van der Waals surface area (Å²) < 4.78 is 24.1. The Balaban J connectivity index is 1.95. The van der Waals surface area contributed by atoms with Crippen molar-refractivity contribution in [1.29, 1.82) is 0 Å². The van der Waals surface area contributed by atoms with Crippen molar-refractivity contribution in [1.82, 2.24) is 5.32 Å². The van der Waals surface area contributed by atoms with Gasteiger partial charge in [-0.05, 0) is 62.6 Å². The van der Waals surface area contributed by atoms with E-state index in [1.165, 1.54) is 12.1 Å². The van der Waals surface area contributed by atoms with Crippen LogP contribution in [-0.2, 0) is 11.2 Å². The normalized spacial score (nSPS) is 11.7. The fraction of sp³-hybridized carbons (Fsp3) is 0.381. The summed E-state index contributed by atoms with van der Waals surface area (Å²) in [6.45, 7) is 6.88. The Morgan fingerprint density at radius 1 is 1.04 bits per heavy atom. The average Bonchev–Trinajstić information content (AvgIpc) is 2.63. The fourth-order valence-corrected chi connectivity index (χ4v) is 2.64. The second kappa shape index (κ2) is 9.80. The van der Waals surface area contributed by atoms with Gasteiger partial charge in [-0.25, -0.2) is 4.39 Å². The third-order valence-corrected chi connectivity index (χ3v) is 4.00. The summed E-state index contributed by atoms with van der Waals surface area (Å²) >= 11 is 0. The minimum atomic E-state index is -0.271. The van der Waals surface area contributed by atoms with Crippen molar-refractivity contribution in [3.05, 3.63) is 59.4 Å². The predicted octanol–water partition coefficient (Wildman–Crippen LogP) is 4.43. The molecule has 0 aliphatic carbocycles. The zero-order valence-electron chi connectivity index (χ0n) is 15.5. The molecule has 0 radical (unpaired) electrons. The van der Waals surface area contributed by atoms with E-state index in [4.69, 9.17) is 9.47 Å². The number of ether oxygens (including phenoxy) is 2. The molecule has 2 rings (SSSR count). The molecule has 0 aliphatic rings. The molecule has 0 aromatic heterocycles. The van der Waals surface area contributed by atoms with Crippen LogP contribution in [0.3, 0.4) is 0 Å². The number of nitrogens with one attached hydrogen (secondary N) is 1. The molecule has 26 heavy (non-hydrogen) atoms. The summed E-state index contributed by atoms with van der Waals surface area (Å²) in [5, 5.41) is 2.99. The van der Waals surface area contributed by atoms with Gasteiger partial charge in [0.25, 0.3) is 0 Å². The van der Waals surface area contributed by atoms with Gasteiger partial charge in [0.2, 0.25) is 5.91 Å². The maximum Gasteiger partial charge on any atom is 0.220 e. The van der Waals surface area contributed by atoms with Crippen molar-refractivity contribution >= 4 is 5.91 Å². The molecule has 140 valence electrons. The van der Waals surface area contributed by atoms with Gasteiger partial charge in [0.1, 0.15) is 5.82 Å². The van der Waals surface area contributed by atoms with Crippen molar-refractivity contribution in [2.24, 2.45) is 0 Å². The van der Waals surface area contributed by atoms with E-state index >= 15 is 0 Å². The highest BCUT2D eigenvalue weighted by atomic mass is 19.1. The Labute approximate surface area is 154 Å². The summed E-state index contributed by atoms with van der Waals surface area (Å²) in [6, 6.07) is 11.8. The molecular weight excluding hydrogens is 333 g/mol. The molecule has 0 aliphatic heterocycles. The first-order valence-corrected chi connectivity index (χ1v) is 8.96. The van der Waals surface area contributed by atoms with Gasteiger partial charge >= 0.3 is 0 Å². The molecule has 0 bridgehead atoms. The SMILES string of the molecule is CCOc1ccc(C(C)NC(=O)CCc2ccc(F)cc2)cc1OCC. The summed E-state index contributed by atoms with van der Waals surface area (Å²) in [4.78, 5) is 12.2. The summed E-state index contributed by atoms with van der Waals surface area (Å²) in [5.41, 5.74) is 1.89. The average molecular weight is 359 g/mol. The van der Waals surface area contributed by atoms with Gasteiger partial charge in [-0.3, -0.25) is 4.79 Å². The highest BCUT2D eigenvalue weighted by molar-refractivity contribution is 5.76. The Hall–Kier alpha value is -2.56. The third-order valence-electron chi connectivity index (χ3n) is 4.00. The van der Waals surface area contributed by atoms with Crippen LogP contribution in [0, 0.1) is 5.82 Å². The van der Waals surface area contributed by atoms with Crippen LogP contribution in [0.4, 0.5) is 4.39 Å². The molecule has 4 nitrogen and oxygen atoms in total. The van der Waals surface area contributed by atoms with Gasteiger partial charge in [0.05, 0.1) is 19.3 Å². The van der Waals surface area contributed by atoms with E-state index in [-0.39, 0.29) is 17.8 Å². The quantitative estimate of drug-likeness (QED) is 0.720. The molecule has 2 aromatic carbocycles. The molecule has 1 unspecified atom stereocenters. The van der Waals surface area contributed by atoms with Crippen LogP contribution in [0.15, 0.2) is 42.5 Å². The molecule has 1 atom stereocenters. The second-order valence-electron chi connectivity index (χ2n) is 5.99. The molecule has 0 saturated carbocycles. The first kappa shape index (κ1) is 19.8. The van der Waals surface area contributed by atoms with E-state index in [2.05, 4.69) is 5.32 Å². The highest BCUT2D eigenvalue weighted by Gasteiger charge is 2.13. The number of halogens is 1. The second-order valence-corrected chi connectivity index (χ2v) is 5.99. The number of aryl methyl sites for hydroxylation is 1. The van der Waals surface area contributed by atoms with Crippen LogP contribution < -0.4 is 14.8 Å². The number of carbonyl (C=O) groups excluding carboxylic acids is 1. The monoisotopic (exact) mass is 359 g/mol. The minimum Gasteiger partial charge on any atom is -0.490 e. The zero-order chi connectivity index (χ0) is 18.9. The molecule has 0 spiro atoms. The smallest absolute Gasteiger partial charge is 0.220 e. The number of amides is 1. The van der Waals surface area contributed by atoms with E-state index in [9.17, 15) is 9.18 Å². The number of rotatable bonds is 9. The van der Waals surface area contributed by atoms with Crippen LogP contribution in [0.2, 0.25) is 0 Å². The Morgan fingerprint density at radius 3 is 2.35 bits per heavy atom. The van der Waals surface area contributed by atoms with Crippen LogP contribution >= 0.6 is 0 Å². The van der Waals surface area contributed by atoms with Gasteiger partial charge in [-0.1, -0.05) is 18.2 Å². The van der Waals surface area contributed by atoms with E-state index in [0.717, 1.165) is 11.1 Å². The van der Waals surface area contributed by atoms with Crippen LogP contribution in [0.25, 0.3) is 0 Å². The summed E-state index contributed by atoms with van der Waals surface area (Å²) in [5.74, 6) is 1.06. The van der Waals surface area contributed by atoms with Crippen molar-refractivity contribution in [3.8, 4) is 11.5 Å². The van der Waals surface area contributed by atoms with E-state index in [0.29, 0.717) is 37.6 Å². The van der Waals surface area contributed by atoms with Gasteiger partial charge in [-0.2, -0.15) is 0 Å². The molecule has 0 fully saturated rings. The maximum atomic E-state index is 12.9. The topological polar surface area (TPSA) is 47.6 Å². The Bertz CT molecular complexity index is 716. The van der Waals surface area contributed by atoms with Crippen LogP contribution in [0.1, 0.15) is 44.4 Å². The number of hydrogen-bond acceptors (Lipinski definition) is 3. The van der Waals surface area contributed by atoms with Gasteiger partial charge in [0.15, 0.2) is 11.5 Å². The first-order valence-electron chi connectivity index (χ1n) is 8.96. The van der Waals surface area contributed by atoms with Gasteiger partial charge in [-0.15, -0.1) is 0 Å². The van der Waals surface area contributed by atoms with Crippen LogP contribution in [-0.4, -0.2) is 19.1 Å². The van der Waals surface area contributed by atoms with Crippen molar-refractivity contribution in [3.63, 3.8) is 0 Å². The number of hydrogen-bond donors (Lipinski definition) is 1. The number of carbonyl (C=O) groups is 1. The van der Waals surface area contributed by atoms with E-state index in [1.807, 2.05) is 39.0 Å². The molecule has 5 heteroatoms. The third kappa shape index (κ3) is 5.76. The molecule has 1 N–H and O–H groups in total. The maximum absolute atomic E-state index is 12.9. The molecule has 2 aromatic rings. The molecule has 0 heterocycles. The highest BCUT2D eigenvalue weighted by Crippen LogP contribution is 2.30. The molecule has 0 saturated heterocycles. The van der Waals surface area contributed by atoms with Crippen LogP contribution in [0.5, 0.6) is 11.5 Å². The lowest BCUT2D eigenvalue weighted by Gasteiger charge is -2.17. The van der Waals surface area contributed by atoms with Crippen molar-refractivity contribution in [2.45, 2.75) is 39.7 Å². The van der Waals surface area contributed by atoms with Gasteiger partial charge < -0.3 is 14.8 Å². The summed E-state index contributed by atoms with van der Waals surface area (Å²) in [6.07, 6.45) is 0.928. The lowest BCUT2D eigenvalue weighted by Crippen LogP contribution is -2.26. The Kier molecular flexibility index (Phi) is 7.45. The molecular formula is C21H26FNO3. The largest absolute Gasteiger partial charge is 0.490 e. The predicted molar refractivity (Wildman–Crippen MR) is 100 cm³/mol. The van der Waals surface area contributed by atoms with Gasteiger partial charge in [0, 0.05) is 6.42 Å². The zero-order valence-corrected chi connectivity index (χ0v) is 15.5. The van der Waals surface area contributed by atoms with Crippen molar-refractivity contribution in [2.75, 3.05) is 13.2 Å². The number of benzene rings is 2. The summed E-state index contributed by atoms with van der Waals surface area (Å²) in [7, 11) is 0. The Morgan fingerprint density at radius 2 is 1.69 bits per heavy atom. The van der Waals surface area contributed by atoms with Crippen molar-refractivity contribution < 1.29 is 18.7 Å². The molecule has 1 amide bonds. The first-order chi connectivity index (χ1) is 12.5. The standard InChI is InChI=1S/C21H26FNO3/c1-4-25-19-12-9-17(14-20(19)26-5-2)15(3)23-21(24)13-8-16-6-10-18(22)11-7-16/h6-7,9-12,14-15H,4-5,8,13H2,1-3H3,(H,23,24). The minimum absolute atomic E-state index is 0.0475. The lowest BCUT2D eigenvalue weighted by molar-refractivity contribution is -0.121.